The molecule has 1 aliphatic heterocycles. The topological polar surface area (TPSA) is 49.4 Å². The summed E-state index contributed by atoms with van der Waals surface area (Å²) in [5.41, 5.74) is 2.11. The van der Waals surface area contributed by atoms with E-state index in [4.69, 9.17) is 23.2 Å². The van der Waals surface area contributed by atoms with Crippen molar-refractivity contribution < 1.29 is 9.59 Å². The highest BCUT2D eigenvalue weighted by Crippen LogP contribution is 2.33. The number of halogens is 2. The van der Waals surface area contributed by atoms with Crippen molar-refractivity contribution in [2.45, 2.75) is 6.92 Å². The van der Waals surface area contributed by atoms with Crippen LogP contribution in [0.2, 0.25) is 5.02 Å². The minimum absolute atomic E-state index is 0.0421. The van der Waals surface area contributed by atoms with E-state index in [1.165, 1.54) is 0 Å². The van der Waals surface area contributed by atoms with Crippen molar-refractivity contribution in [3.05, 3.63) is 69.8 Å². The van der Waals surface area contributed by atoms with Gasteiger partial charge in [-0.05, 0) is 31.2 Å². The third-order valence-electron chi connectivity index (χ3n) is 3.44. The van der Waals surface area contributed by atoms with E-state index >= 15 is 0 Å². The molecule has 116 valence electrons. The fourth-order valence-corrected chi connectivity index (χ4v) is 2.68. The van der Waals surface area contributed by atoms with Crippen LogP contribution in [0.5, 0.6) is 0 Å². The monoisotopic (exact) mass is 346 g/mol. The van der Waals surface area contributed by atoms with Gasteiger partial charge < -0.3 is 5.32 Å². The highest BCUT2D eigenvalue weighted by atomic mass is 35.5. The molecule has 2 aromatic carbocycles. The largest absolute Gasteiger partial charge is 0.350 e. The number of hydrogen-bond donors (Lipinski definition) is 1. The van der Waals surface area contributed by atoms with Crippen LogP contribution in [-0.4, -0.2) is 11.8 Å². The van der Waals surface area contributed by atoms with Crippen LogP contribution in [0.1, 0.15) is 5.56 Å². The molecule has 0 bridgehead atoms. The Labute approximate surface area is 143 Å². The first-order valence-corrected chi connectivity index (χ1v) is 7.61. The van der Waals surface area contributed by atoms with Crippen LogP contribution in [0.4, 0.5) is 11.4 Å². The zero-order chi connectivity index (χ0) is 16.6. The molecule has 1 N–H and O–H groups in total. The third-order valence-corrected chi connectivity index (χ3v) is 4.11. The fourth-order valence-electron chi connectivity index (χ4n) is 2.24. The second-order valence-electron chi connectivity index (χ2n) is 5.08. The van der Waals surface area contributed by atoms with Crippen LogP contribution in [0.15, 0.2) is 59.3 Å². The number of amides is 2. The van der Waals surface area contributed by atoms with Gasteiger partial charge in [-0.15, -0.1) is 0 Å². The lowest BCUT2D eigenvalue weighted by atomic mass is 10.2. The third kappa shape index (κ3) is 2.83. The summed E-state index contributed by atoms with van der Waals surface area (Å²) in [6, 6.07) is 14.0. The van der Waals surface area contributed by atoms with Crippen molar-refractivity contribution in [1.82, 2.24) is 0 Å². The molecule has 1 heterocycles. The fraction of sp³-hybridized carbons (Fsp3) is 0.0588. The van der Waals surface area contributed by atoms with E-state index in [0.717, 1.165) is 10.5 Å². The summed E-state index contributed by atoms with van der Waals surface area (Å²) in [6.07, 6.45) is 0. The van der Waals surface area contributed by atoms with E-state index in [1.54, 1.807) is 24.3 Å². The van der Waals surface area contributed by atoms with Crippen LogP contribution in [0, 0.1) is 6.92 Å². The maximum atomic E-state index is 12.6. The maximum Gasteiger partial charge on any atom is 0.283 e. The van der Waals surface area contributed by atoms with Gasteiger partial charge in [0.05, 0.1) is 10.7 Å². The molecule has 0 saturated carbocycles. The average Bonchev–Trinajstić information content (AvgIpc) is 2.74. The lowest BCUT2D eigenvalue weighted by Crippen LogP contribution is -2.32. The van der Waals surface area contributed by atoms with Gasteiger partial charge in [0.2, 0.25) is 0 Å². The van der Waals surface area contributed by atoms with E-state index < -0.39 is 11.8 Å². The zero-order valence-corrected chi connectivity index (χ0v) is 13.7. The Hall–Kier alpha value is -2.30. The van der Waals surface area contributed by atoms with Gasteiger partial charge >= 0.3 is 0 Å². The number of benzene rings is 2. The number of anilines is 2. The van der Waals surface area contributed by atoms with Crippen LogP contribution < -0.4 is 10.2 Å². The van der Waals surface area contributed by atoms with Gasteiger partial charge in [-0.2, -0.15) is 0 Å². The van der Waals surface area contributed by atoms with Crippen molar-refractivity contribution in [3.8, 4) is 0 Å². The van der Waals surface area contributed by atoms with Crippen molar-refractivity contribution >= 4 is 46.4 Å². The standard InChI is InChI=1S/C17H12Cl2N2O2/c1-10-6-8-11(9-7-10)20-15-14(19)16(22)21(17(15)23)13-5-3-2-4-12(13)18/h2-9,20H,1H3. The second-order valence-corrected chi connectivity index (χ2v) is 5.86. The van der Waals surface area contributed by atoms with Crippen LogP contribution >= 0.6 is 23.2 Å². The minimum atomic E-state index is -0.598. The van der Waals surface area contributed by atoms with Crippen LogP contribution in [0.3, 0.4) is 0 Å². The predicted molar refractivity (Wildman–Crippen MR) is 91.6 cm³/mol. The van der Waals surface area contributed by atoms with Gasteiger partial charge in [-0.3, -0.25) is 9.59 Å². The van der Waals surface area contributed by atoms with Gasteiger partial charge in [0.1, 0.15) is 10.7 Å². The first kappa shape index (κ1) is 15.6. The smallest absolute Gasteiger partial charge is 0.283 e. The molecule has 0 atom stereocenters. The molecule has 0 fully saturated rings. The molecule has 0 aliphatic carbocycles. The molecular weight excluding hydrogens is 335 g/mol. The summed E-state index contributed by atoms with van der Waals surface area (Å²) in [5, 5.41) is 3.05. The highest BCUT2D eigenvalue weighted by molar-refractivity contribution is 6.53. The summed E-state index contributed by atoms with van der Waals surface area (Å²) in [7, 11) is 0. The number of nitrogens with zero attached hydrogens (tertiary/aromatic N) is 1. The van der Waals surface area contributed by atoms with Crippen LogP contribution in [-0.2, 0) is 9.59 Å². The van der Waals surface area contributed by atoms with Gasteiger partial charge in [0.15, 0.2) is 0 Å². The first-order valence-electron chi connectivity index (χ1n) is 6.86. The summed E-state index contributed by atoms with van der Waals surface area (Å²) in [5.74, 6) is -1.13. The molecule has 23 heavy (non-hydrogen) atoms. The van der Waals surface area contributed by atoms with Gasteiger partial charge in [-0.1, -0.05) is 53.0 Å². The Morgan fingerprint density at radius 2 is 1.57 bits per heavy atom. The number of nitrogens with one attached hydrogen (secondary N) is 1. The van der Waals surface area contributed by atoms with Gasteiger partial charge in [-0.25, -0.2) is 4.90 Å². The molecule has 0 aromatic heterocycles. The molecular formula is C17H12Cl2N2O2. The molecule has 0 saturated heterocycles. The number of rotatable bonds is 3. The lowest BCUT2D eigenvalue weighted by Gasteiger charge is -2.16. The molecule has 0 unspecified atom stereocenters. The van der Waals surface area contributed by atoms with Crippen molar-refractivity contribution in [1.29, 1.82) is 0 Å². The summed E-state index contributed by atoms with van der Waals surface area (Å²) < 4.78 is 0. The predicted octanol–water partition coefficient (Wildman–Crippen LogP) is 4.08. The average molecular weight is 347 g/mol. The molecule has 6 heteroatoms. The number of aryl methyl sites for hydroxylation is 1. The normalized spacial score (nSPS) is 14.7. The van der Waals surface area contributed by atoms with E-state index in [-0.39, 0.29) is 10.7 Å². The highest BCUT2D eigenvalue weighted by Gasteiger charge is 2.39. The van der Waals surface area contributed by atoms with Gasteiger partial charge in [0.25, 0.3) is 11.8 Å². The molecule has 4 nitrogen and oxygen atoms in total. The number of carbonyl (C=O) groups excluding carboxylic acids is 2. The number of imide groups is 1. The van der Waals surface area contributed by atoms with Gasteiger partial charge in [0, 0.05) is 5.69 Å². The van der Waals surface area contributed by atoms with E-state index in [9.17, 15) is 9.59 Å². The SMILES string of the molecule is Cc1ccc(NC2=C(Cl)C(=O)N(c3ccccc3Cl)C2=O)cc1. The quantitative estimate of drug-likeness (QED) is 0.851. The number of carbonyl (C=O) groups is 2. The first-order chi connectivity index (χ1) is 11.0. The van der Waals surface area contributed by atoms with Crippen molar-refractivity contribution in [2.75, 3.05) is 10.2 Å². The second kappa shape index (κ2) is 6.07. The maximum absolute atomic E-state index is 12.6. The molecule has 0 radical (unpaired) electrons. The molecule has 0 spiro atoms. The minimum Gasteiger partial charge on any atom is -0.350 e. The summed E-state index contributed by atoms with van der Waals surface area (Å²) in [4.78, 5) is 25.9. The molecule has 3 rings (SSSR count). The van der Waals surface area contributed by atoms with E-state index in [0.29, 0.717) is 16.4 Å². The van der Waals surface area contributed by atoms with E-state index in [1.807, 2.05) is 31.2 Å². The Bertz CT molecular complexity index is 829. The number of hydrogen-bond acceptors (Lipinski definition) is 3. The Morgan fingerprint density at radius 3 is 2.22 bits per heavy atom. The zero-order valence-electron chi connectivity index (χ0n) is 12.1. The molecule has 1 aliphatic rings. The number of para-hydroxylation sites is 1. The van der Waals surface area contributed by atoms with E-state index in [2.05, 4.69) is 5.32 Å². The lowest BCUT2D eigenvalue weighted by molar-refractivity contribution is -0.120. The van der Waals surface area contributed by atoms with Crippen molar-refractivity contribution in [2.24, 2.45) is 0 Å². The molecule has 2 amide bonds. The Kier molecular flexibility index (Phi) is 4.11. The molecule has 2 aromatic rings. The summed E-state index contributed by atoms with van der Waals surface area (Å²) in [6.45, 7) is 1.96. The summed E-state index contributed by atoms with van der Waals surface area (Å²) >= 11 is 12.1. The van der Waals surface area contributed by atoms with Crippen molar-refractivity contribution in [3.63, 3.8) is 0 Å². The Balaban J connectivity index is 1.93. The Morgan fingerprint density at radius 1 is 0.913 bits per heavy atom. The van der Waals surface area contributed by atoms with Crippen LogP contribution in [0.25, 0.3) is 0 Å².